The van der Waals surface area contributed by atoms with Crippen molar-refractivity contribution in [3.05, 3.63) is 0 Å². The van der Waals surface area contributed by atoms with Gasteiger partial charge in [0.1, 0.15) is 67.1 Å². The largest absolute Gasteiger partial charge is 0.394 e. The third-order valence-electron chi connectivity index (χ3n) is 6.27. The van der Waals surface area contributed by atoms with E-state index >= 15 is 0 Å². The van der Waals surface area contributed by atoms with Crippen LogP contribution in [0.4, 0.5) is 0 Å². The molecule has 3 fully saturated rings. The van der Waals surface area contributed by atoms with Gasteiger partial charge < -0.3 is 74.4 Å². The fraction of sp³-hybridized carbons (Fsp3) is 1.00. The van der Waals surface area contributed by atoms with E-state index in [0.717, 1.165) is 0 Å². The molecule has 34 heavy (non-hydrogen) atoms. The average Bonchev–Trinajstić information content (AvgIpc) is 2.81. The number of ether oxygens (including phenoxy) is 6. The van der Waals surface area contributed by atoms with E-state index in [0.29, 0.717) is 0 Å². The minimum atomic E-state index is -1.75. The molecule has 0 aromatic carbocycles. The van der Waals surface area contributed by atoms with Gasteiger partial charge in [0.05, 0.1) is 19.3 Å². The highest BCUT2D eigenvalue weighted by molar-refractivity contribution is 4.94. The van der Waals surface area contributed by atoms with Crippen molar-refractivity contribution < 1.29 is 74.4 Å². The Labute approximate surface area is 194 Å². The van der Waals surface area contributed by atoms with Crippen LogP contribution in [0.5, 0.6) is 0 Å². The van der Waals surface area contributed by atoms with Crippen LogP contribution >= 0.6 is 0 Å². The summed E-state index contributed by atoms with van der Waals surface area (Å²) in [4.78, 5) is 0. The molecule has 9 N–H and O–H groups in total. The molecule has 3 aliphatic rings. The average molecular weight is 502 g/mol. The summed E-state index contributed by atoms with van der Waals surface area (Å²) in [6.07, 6.45) is -21.7. The number of methoxy groups -OCH3 is 1. The lowest BCUT2D eigenvalue weighted by atomic mass is 9.97. The lowest BCUT2D eigenvalue weighted by Crippen LogP contribution is -2.64. The molecule has 0 aromatic heterocycles. The van der Waals surface area contributed by atoms with Gasteiger partial charge in [0.25, 0.3) is 0 Å². The van der Waals surface area contributed by atoms with E-state index in [1.807, 2.05) is 0 Å². The van der Waals surface area contributed by atoms with Gasteiger partial charge in [-0.15, -0.1) is 0 Å². The minimum Gasteiger partial charge on any atom is -0.394 e. The molecule has 0 saturated carbocycles. The molecule has 0 aromatic rings. The summed E-state index contributed by atoms with van der Waals surface area (Å²) in [5, 5.41) is 89.9. The molecule has 15 heteroatoms. The smallest absolute Gasteiger partial charge is 0.187 e. The second kappa shape index (κ2) is 11.6. The fourth-order valence-corrected chi connectivity index (χ4v) is 4.18. The zero-order chi connectivity index (χ0) is 25.3. The Morgan fingerprint density at radius 1 is 0.647 bits per heavy atom. The summed E-state index contributed by atoms with van der Waals surface area (Å²) in [6.45, 7) is 0.322. The quantitative estimate of drug-likeness (QED) is 0.157. The fourth-order valence-electron chi connectivity index (χ4n) is 4.18. The van der Waals surface area contributed by atoms with Crippen molar-refractivity contribution in [2.24, 2.45) is 0 Å². The van der Waals surface area contributed by atoms with Crippen LogP contribution in [0.1, 0.15) is 6.92 Å². The van der Waals surface area contributed by atoms with Crippen LogP contribution in [0.25, 0.3) is 0 Å². The topological polar surface area (TPSA) is 237 Å². The zero-order valence-corrected chi connectivity index (χ0v) is 18.5. The van der Waals surface area contributed by atoms with Crippen LogP contribution in [0.3, 0.4) is 0 Å². The Bertz CT molecular complexity index is 639. The van der Waals surface area contributed by atoms with Crippen LogP contribution in [0, 0.1) is 0 Å². The highest BCUT2D eigenvalue weighted by Crippen LogP contribution is 2.30. The minimum absolute atomic E-state index is 0.529. The maximum Gasteiger partial charge on any atom is 0.187 e. The van der Waals surface area contributed by atoms with E-state index in [1.165, 1.54) is 14.0 Å². The Balaban J connectivity index is 1.66. The van der Waals surface area contributed by atoms with E-state index in [9.17, 15) is 46.0 Å². The third kappa shape index (κ3) is 5.54. The van der Waals surface area contributed by atoms with Crippen LogP contribution in [0.2, 0.25) is 0 Å². The van der Waals surface area contributed by atoms with Gasteiger partial charge in [-0.3, -0.25) is 0 Å². The molecule has 3 heterocycles. The molecule has 15 nitrogen and oxygen atoms in total. The van der Waals surface area contributed by atoms with E-state index in [1.54, 1.807) is 0 Å². The first-order valence-electron chi connectivity index (χ1n) is 10.8. The standard InChI is InChI=1S/C19H34O15/c1-5-15(16(29-2)14(27)17(28)31-5)34-19-13(26)11(24)9(22)7(33-19)4-30-18-12(25)10(23)8(21)6(3-20)32-18/h5-28H,3-4H2,1-2H3/t5-,6+,7+,8+,9+,10-,11-,12+,13+,14+,15+,16-,17+,18+,19-/m0/s1. The van der Waals surface area contributed by atoms with Crippen LogP contribution < -0.4 is 0 Å². The van der Waals surface area contributed by atoms with E-state index in [-0.39, 0.29) is 0 Å². The van der Waals surface area contributed by atoms with E-state index in [4.69, 9.17) is 28.4 Å². The Morgan fingerprint density at radius 2 is 1.21 bits per heavy atom. The SMILES string of the molecule is CO[C@H]1[C@@H](O)[C@H](O)O[C@@H](C)[C@H]1O[C@@H]1O[C@H](CO[C@@H]2O[C@H](CO)[C@@H](O)[C@H](O)[C@H]2O)[C@@H](O)[C@H](O)[C@H]1O. The summed E-state index contributed by atoms with van der Waals surface area (Å²) in [5.74, 6) is 0. The highest BCUT2D eigenvalue weighted by atomic mass is 16.7. The highest BCUT2D eigenvalue weighted by Gasteiger charge is 2.51. The Kier molecular flexibility index (Phi) is 9.57. The van der Waals surface area contributed by atoms with Gasteiger partial charge in [-0.05, 0) is 6.92 Å². The molecule has 15 atom stereocenters. The summed E-state index contributed by atoms with van der Waals surface area (Å²) >= 11 is 0. The van der Waals surface area contributed by atoms with Crippen molar-refractivity contribution in [1.29, 1.82) is 0 Å². The predicted octanol–water partition coefficient (Wildman–Crippen LogP) is -5.89. The zero-order valence-electron chi connectivity index (χ0n) is 18.5. The van der Waals surface area contributed by atoms with Gasteiger partial charge in [-0.2, -0.15) is 0 Å². The van der Waals surface area contributed by atoms with Crippen LogP contribution in [-0.2, 0) is 28.4 Å². The van der Waals surface area contributed by atoms with E-state index in [2.05, 4.69) is 0 Å². The first kappa shape index (κ1) is 28.0. The lowest BCUT2D eigenvalue weighted by molar-refractivity contribution is -0.360. The molecule has 0 radical (unpaired) electrons. The van der Waals surface area contributed by atoms with Gasteiger partial charge in [0, 0.05) is 7.11 Å². The maximum absolute atomic E-state index is 10.4. The Hall–Kier alpha value is -0.600. The summed E-state index contributed by atoms with van der Waals surface area (Å²) in [6, 6.07) is 0. The molecule has 3 saturated heterocycles. The summed E-state index contributed by atoms with van der Waals surface area (Å²) < 4.78 is 32.2. The van der Waals surface area contributed by atoms with Crippen molar-refractivity contribution in [3.63, 3.8) is 0 Å². The molecule has 0 aliphatic carbocycles. The van der Waals surface area contributed by atoms with Crippen molar-refractivity contribution in [3.8, 4) is 0 Å². The Morgan fingerprint density at radius 3 is 1.79 bits per heavy atom. The van der Waals surface area contributed by atoms with Crippen LogP contribution in [-0.4, -0.2) is 158 Å². The van der Waals surface area contributed by atoms with Gasteiger partial charge >= 0.3 is 0 Å². The number of rotatable bonds is 7. The van der Waals surface area contributed by atoms with Gasteiger partial charge in [-0.25, -0.2) is 0 Å². The number of hydrogen-bond donors (Lipinski definition) is 9. The van der Waals surface area contributed by atoms with Gasteiger partial charge in [0.2, 0.25) is 0 Å². The van der Waals surface area contributed by atoms with Crippen molar-refractivity contribution in [1.82, 2.24) is 0 Å². The molecule has 0 bridgehead atoms. The van der Waals surface area contributed by atoms with Crippen molar-refractivity contribution >= 4 is 0 Å². The molecule has 0 spiro atoms. The third-order valence-corrected chi connectivity index (χ3v) is 6.27. The van der Waals surface area contributed by atoms with E-state index < -0.39 is 105 Å². The molecule has 0 unspecified atom stereocenters. The second-order valence-corrected chi connectivity index (χ2v) is 8.57. The number of aliphatic hydroxyl groups is 9. The maximum atomic E-state index is 10.4. The lowest BCUT2D eigenvalue weighted by Gasteiger charge is -2.46. The predicted molar refractivity (Wildman–Crippen MR) is 105 cm³/mol. The van der Waals surface area contributed by atoms with Crippen LogP contribution in [0.15, 0.2) is 0 Å². The second-order valence-electron chi connectivity index (χ2n) is 8.57. The molecule has 3 aliphatic heterocycles. The number of aliphatic hydroxyl groups excluding tert-OH is 9. The molecule has 200 valence electrons. The number of hydrogen-bond acceptors (Lipinski definition) is 15. The molecule has 0 amide bonds. The monoisotopic (exact) mass is 502 g/mol. The molecular formula is C19H34O15. The first-order chi connectivity index (χ1) is 16.0. The molecule has 3 rings (SSSR count). The summed E-state index contributed by atoms with van der Waals surface area (Å²) in [5.41, 5.74) is 0. The van der Waals surface area contributed by atoms with Crippen molar-refractivity contribution in [2.45, 2.75) is 99.0 Å². The first-order valence-corrected chi connectivity index (χ1v) is 10.8. The normalized spacial score (nSPS) is 52.5. The summed E-state index contributed by atoms with van der Waals surface area (Å²) in [7, 11) is 1.27. The van der Waals surface area contributed by atoms with Crippen molar-refractivity contribution in [2.75, 3.05) is 20.3 Å². The molecular weight excluding hydrogens is 468 g/mol. The van der Waals surface area contributed by atoms with Gasteiger partial charge in [0.15, 0.2) is 18.9 Å². The van der Waals surface area contributed by atoms with Gasteiger partial charge in [-0.1, -0.05) is 0 Å².